The zero-order valence-corrected chi connectivity index (χ0v) is 11.7. The molecule has 0 fully saturated rings. The summed E-state index contributed by atoms with van der Waals surface area (Å²) in [5.41, 5.74) is 1.09. The molecule has 0 saturated heterocycles. The Bertz CT molecular complexity index is 356. The normalized spacial score (nSPS) is 13.9. The molecule has 0 amide bonds. The van der Waals surface area contributed by atoms with Gasteiger partial charge in [-0.1, -0.05) is 38.6 Å². The van der Waals surface area contributed by atoms with Gasteiger partial charge < -0.3 is 9.47 Å². The predicted molar refractivity (Wildman–Crippen MR) is 76.7 cm³/mol. The summed E-state index contributed by atoms with van der Waals surface area (Å²) < 4.78 is 11.8. The average Bonchev–Trinajstić information content (AvgIpc) is 2.38. The lowest BCUT2D eigenvalue weighted by atomic mass is 10.1. The van der Waals surface area contributed by atoms with Crippen LogP contribution in [0.3, 0.4) is 0 Å². The van der Waals surface area contributed by atoms with Gasteiger partial charge in [0, 0.05) is 13.3 Å². The van der Waals surface area contributed by atoms with Gasteiger partial charge in [-0.15, -0.1) is 0 Å². The van der Waals surface area contributed by atoms with Crippen LogP contribution in [-0.4, -0.2) is 12.4 Å². The minimum atomic E-state index is -0.527. The first-order valence-corrected chi connectivity index (χ1v) is 6.69. The van der Waals surface area contributed by atoms with Crippen molar-refractivity contribution >= 4 is 6.08 Å². The molecule has 0 radical (unpaired) electrons. The first-order valence-electron chi connectivity index (χ1n) is 6.69. The van der Waals surface area contributed by atoms with E-state index in [1.807, 2.05) is 37.3 Å². The Kier molecular flexibility index (Phi) is 5.93. The zero-order chi connectivity index (χ0) is 13.4. The van der Waals surface area contributed by atoms with Gasteiger partial charge in [0.2, 0.25) is 5.79 Å². The lowest BCUT2D eigenvalue weighted by Gasteiger charge is -2.30. The van der Waals surface area contributed by atoms with Crippen LogP contribution in [0.1, 0.15) is 45.6 Å². The Balaban J connectivity index is 2.71. The summed E-state index contributed by atoms with van der Waals surface area (Å²) in [5.74, 6) is 0.313. The minimum absolute atomic E-state index is 0.527. The van der Waals surface area contributed by atoms with Gasteiger partial charge in [-0.25, -0.2) is 0 Å². The quantitative estimate of drug-likeness (QED) is 0.623. The Hall–Kier alpha value is -1.28. The van der Waals surface area contributed by atoms with E-state index in [-0.39, 0.29) is 0 Å². The average molecular weight is 248 g/mol. The second-order valence-corrected chi connectivity index (χ2v) is 4.61. The van der Waals surface area contributed by atoms with Crippen LogP contribution in [0.25, 0.3) is 6.08 Å². The van der Waals surface area contributed by atoms with E-state index in [0.717, 1.165) is 37.2 Å². The molecule has 0 spiro atoms. The maximum Gasteiger partial charge on any atom is 0.207 e. The molecule has 0 aliphatic carbocycles. The summed E-state index contributed by atoms with van der Waals surface area (Å²) >= 11 is 0. The topological polar surface area (TPSA) is 18.5 Å². The fraction of sp³-hybridized carbons (Fsp3) is 0.500. The van der Waals surface area contributed by atoms with Crippen molar-refractivity contribution in [3.8, 4) is 5.75 Å². The molecule has 100 valence electrons. The summed E-state index contributed by atoms with van der Waals surface area (Å²) in [5, 5.41) is 0. The minimum Gasteiger partial charge on any atom is -0.463 e. The summed E-state index contributed by atoms with van der Waals surface area (Å²) in [7, 11) is 0. The molecule has 0 saturated carbocycles. The van der Waals surface area contributed by atoms with Crippen LogP contribution >= 0.6 is 0 Å². The van der Waals surface area contributed by atoms with Crippen LogP contribution in [-0.2, 0) is 4.74 Å². The van der Waals surface area contributed by atoms with Crippen LogP contribution in [0, 0.1) is 0 Å². The van der Waals surface area contributed by atoms with Crippen molar-refractivity contribution in [2.24, 2.45) is 0 Å². The molecule has 0 aromatic heterocycles. The molecule has 1 atom stereocenters. The molecular formula is C16H24O2. The van der Waals surface area contributed by atoms with Gasteiger partial charge in [0.15, 0.2) is 0 Å². The van der Waals surface area contributed by atoms with Gasteiger partial charge in [-0.3, -0.25) is 0 Å². The highest BCUT2D eigenvalue weighted by Crippen LogP contribution is 2.24. The molecule has 0 aliphatic heterocycles. The van der Waals surface area contributed by atoms with E-state index in [1.54, 1.807) is 0 Å². The van der Waals surface area contributed by atoms with Gasteiger partial charge in [0.25, 0.3) is 0 Å². The zero-order valence-electron chi connectivity index (χ0n) is 11.7. The Morgan fingerprint density at radius 1 is 1.17 bits per heavy atom. The van der Waals surface area contributed by atoms with Crippen LogP contribution in [0.15, 0.2) is 30.8 Å². The van der Waals surface area contributed by atoms with Crippen molar-refractivity contribution in [3.05, 3.63) is 36.4 Å². The van der Waals surface area contributed by atoms with E-state index in [4.69, 9.17) is 9.47 Å². The predicted octanol–water partition coefficient (Wildman–Crippen LogP) is 4.65. The molecule has 1 aromatic rings. The summed E-state index contributed by atoms with van der Waals surface area (Å²) in [6.07, 6.45) is 4.74. The second-order valence-electron chi connectivity index (χ2n) is 4.61. The van der Waals surface area contributed by atoms with Crippen LogP contribution < -0.4 is 4.74 Å². The van der Waals surface area contributed by atoms with Crippen LogP contribution in [0.2, 0.25) is 0 Å². The SMILES string of the molecule is C=Cc1ccc(OC(C)(CCC)OCCC)cc1. The molecule has 18 heavy (non-hydrogen) atoms. The summed E-state index contributed by atoms with van der Waals surface area (Å²) in [4.78, 5) is 0. The first kappa shape index (κ1) is 14.8. The third kappa shape index (κ3) is 4.53. The van der Waals surface area contributed by atoms with Crippen molar-refractivity contribution in [2.75, 3.05) is 6.61 Å². The lowest BCUT2D eigenvalue weighted by Crippen LogP contribution is -2.36. The molecule has 2 nitrogen and oxygen atoms in total. The van der Waals surface area contributed by atoms with E-state index >= 15 is 0 Å². The maximum atomic E-state index is 5.99. The summed E-state index contributed by atoms with van der Waals surface area (Å²) in [6, 6.07) is 7.91. The van der Waals surface area contributed by atoms with Crippen LogP contribution in [0.5, 0.6) is 5.75 Å². The fourth-order valence-electron chi connectivity index (χ4n) is 1.85. The monoisotopic (exact) mass is 248 g/mol. The Labute approximate surface area is 111 Å². The van der Waals surface area contributed by atoms with Gasteiger partial charge in [0.05, 0.1) is 6.61 Å². The smallest absolute Gasteiger partial charge is 0.207 e. The van der Waals surface area contributed by atoms with Gasteiger partial charge >= 0.3 is 0 Å². The summed E-state index contributed by atoms with van der Waals surface area (Å²) in [6.45, 7) is 10.7. The molecule has 1 rings (SSSR count). The second kappa shape index (κ2) is 7.22. The molecule has 0 bridgehead atoms. The van der Waals surface area contributed by atoms with E-state index in [2.05, 4.69) is 20.4 Å². The first-order chi connectivity index (χ1) is 8.63. The van der Waals surface area contributed by atoms with E-state index in [9.17, 15) is 0 Å². The van der Waals surface area contributed by atoms with Crippen molar-refractivity contribution in [1.29, 1.82) is 0 Å². The van der Waals surface area contributed by atoms with Crippen molar-refractivity contribution in [1.82, 2.24) is 0 Å². The third-order valence-corrected chi connectivity index (χ3v) is 2.77. The van der Waals surface area contributed by atoms with Crippen molar-refractivity contribution in [3.63, 3.8) is 0 Å². The van der Waals surface area contributed by atoms with Gasteiger partial charge in [-0.2, -0.15) is 0 Å². The maximum absolute atomic E-state index is 5.99. The van der Waals surface area contributed by atoms with E-state index in [0.29, 0.717) is 0 Å². The van der Waals surface area contributed by atoms with Crippen LogP contribution in [0.4, 0.5) is 0 Å². The number of rotatable bonds is 8. The number of benzene rings is 1. The molecular weight excluding hydrogens is 224 g/mol. The molecule has 2 heteroatoms. The molecule has 1 unspecified atom stereocenters. The Morgan fingerprint density at radius 2 is 1.83 bits per heavy atom. The fourth-order valence-corrected chi connectivity index (χ4v) is 1.85. The van der Waals surface area contributed by atoms with Crippen molar-refractivity contribution < 1.29 is 9.47 Å². The largest absolute Gasteiger partial charge is 0.463 e. The van der Waals surface area contributed by atoms with Gasteiger partial charge in [0.1, 0.15) is 5.75 Å². The molecule has 0 heterocycles. The van der Waals surface area contributed by atoms with Crippen molar-refractivity contribution in [2.45, 2.75) is 45.8 Å². The highest BCUT2D eigenvalue weighted by atomic mass is 16.7. The van der Waals surface area contributed by atoms with E-state index in [1.165, 1.54) is 0 Å². The number of ether oxygens (including phenoxy) is 2. The Morgan fingerprint density at radius 3 is 2.33 bits per heavy atom. The molecule has 1 aromatic carbocycles. The standard InChI is InChI=1S/C16H24O2/c1-5-12-16(4,17-13-6-2)18-15-10-8-14(7-3)9-11-15/h7-11H,3,5-6,12-13H2,1-2,4H3. The van der Waals surface area contributed by atoms with Gasteiger partial charge in [-0.05, 0) is 30.5 Å². The lowest BCUT2D eigenvalue weighted by molar-refractivity contribution is -0.174. The number of hydrogen-bond acceptors (Lipinski definition) is 2. The highest BCUT2D eigenvalue weighted by Gasteiger charge is 2.25. The van der Waals surface area contributed by atoms with E-state index < -0.39 is 5.79 Å². The number of hydrogen-bond donors (Lipinski definition) is 0. The molecule has 0 N–H and O–H groups in total. The third-order valence-electron chi connectivity index (χ3n) is 2.77. The highest BCUT2D eigenvalue weighted by molar-refractivity contribution is 5.48. The molecule has 0 aliphatic rings.